The van der Waals surface area contributed by atoms with Crippen molar-refractivity contribution in [3.8, 4) is 0 Å². The molecule has 1 fully saturated rings. The van der Waals surface area contributed by atoms with Crippen LogP contribution in [-0.2, 0) is 0 Å². The largest absolute Gasteiger partial charge is 0.363 e. The molecule has 1 aliphatic rings. The third-order valence-corrected chi connectivity index (χ3v) is 4.06. The van der Waals surface area contributed by atoms with Gasteiger partial charge >= 0.3 is 0 Å². The molecule has 2 atom stereocenters. The van der Waals surface area contributed by atoms with Crippen LogP contribution in [0.3, 0.4) is 0 Å². The van der Waals surface area contributed by atoms with Crippen LogP contribution in [0.25, 0.3) is 0 Å². The molecule has 0 radical (unpaired) electrons. The highest BCUT2D eigenvalue weighted by Gasteiger charge is 2.27. The summed E-state index contributed by atoms with van der Waals surface area (Å²) in [6.07, 6.45) is 7.90. The van der Waals surface area contributed by atoms with Gasteiger partial charge in [0.15, 0.2) is 0 Å². The van der Waals surface area contributed by atoms with Crippen molar-refractivity contribution in [1.29, 1.82) is 0 Å². The van der Waals surface area contributed by atoms with Crippen LogP contribution in [0, 0.1) is 0 Å². The van der Waals surface area contributed by atoms with Gasteiger partial charge in [-0.05, 0) is 26.7 Å². The molecule has 1 saturated heterocycles. The summed E-state index contributed by atoms with van der Waals surface area (Å²) in [6.45, 7) is 11.1. The van der Waals surface area contributed by atoms with E-state index in [1.807, 2.05) is 6.20 Å². The predicted molar refractivity (Wildman–Crippen MR) is 80.7 cm³/mol. The van der Waals surface area contributed by atoms with Crippen LogP contribution in [0.1, 0.15) is 53.0 Å². The van der Waals surface area contributed by atoms with Crippen molar-refractivity contribution in [2.75, 3.05) is 18.0 Å². The van der Waals surface area contributed by atoms with Crippen LogP contribution in [0.2, 0.25) is 0 Å². The average molecular weight is 264 g/mol. The standard InChI is InChI=1S/C15H28N4/c1-5-7-13-10-18(14(6-2)8-16-13)15-9-17-19(11-15)12(3)4/h9,11-14,16H,5-8,10H2,1-4H3. The zero-order valence-corrected chi connectivity index (χ0v) is 12.8. The van der Waals surface area contributed by atoms with E-state index >= 15 is 0 Å². The lowest BCUT2D eigenvalue weighted by Gasteiger charge is -2.41. The number of anilines is 1. The van der Waals surface area contributed by atoms with Gasteiger partial charge in [0.05, 0.1) is 11.9 Å². The molecule has 0 amide bonds. The first-order valence-electron chi connectivity index (χ1n) is 7.69. The molecule has 2 heterocycles. The van der Waals surface area contributed by atoms with Crippen LogP contribution < -0.4 is 10.2 Å². The summed E-state index contributed by atoms with van der Waals surface area (Å²) in [5, 5.41) is 8.17. The summed E-state index contributed by atoms with van der Waals surface area (Å²) in [7, 11) is 0. The number of nitrogens with one attached hydrogen (secondary N) is 1. The van der Waals surface area contributed by atoms with Gasteiger partial charge in [-0.3, -0.25) is 4.68 Å². The first-order chi connectivity index (χ1) is 9.15. The molecule has 0 spiro atoms. The van der Waals surface area contributed by atoms with Crippen molar-refractivity contribution in [3.05, 3.63) is 12.4 Å². The van der Waals surface area contributed by atoms with E-state index in [0.29, 0.717) is 18.1 Å². The van der Waals surface area contributed by atoms with Gasteiger partial charge in [0, 0.05) is 37.4 Å². The highest BCUT2D eigenvalue weighted by molar-refractivity contribution is 5.45. The lowest BCUT2D eigenvalue weighted by molar-refractivity contribution is 0.369. The molecule has 1 N–H and O–H groups in total. The minimum absolute atomic E-state index is 0.434. The van der Waals surface area contributed by atoms with Crippen LogP contribution >= 0.6 is 0 Å². The minimum Gasteiger partial charge on any atom is -0.363 e. The fourth-order valence-corrected chi connectivity index (χ4v) is 2.85. The predicted octanol–water partition coefficient (Wildman–Crippen LogP) is 2.82. The van der Waals surface area contributed by atoms with Gasteiger partial charge in [-0.15, -0.1) is 0 Å². The monoisotopic (exact) mass is 264 g/mol. The molecule has 108 valence electrons. The van der Waals surface area contributed by atoms with Crippen molar-refractivity contribution in [3.63, 3.8) is 0 Å². The molecule has 19 heavy (non-hydrogen) atoms. The van der Waals surface area contributed by atoms with Gasteiger partial charge in [0.25, 0.3) is 0 Å². The second kappa shape index (κ2) is 6.42. The van der Waals surface area contributed by atoms with E-state index in [1.54, 1.807) is 0 Å². The Hall–Kier alpha value is -1.03. The molecular weight excluding hydrogens is 236 g/mol. The van der Waals surface area contributed by atoms with E-state index in [2.05, 4.69) is 53.9 Å². The number of aromatic nitrogens is 2. The fourth-order valence-electron chi connectivity index (χ4n) is 2.85. The maximum atomic E-state index is 4.49. The number of piperazine rings is 1. The third kappa shape index (κ3) is 3.30. The van der Waals surface area contributed by atoms with Gasteiger partial charge in [-0.1, -0.05) is 20.3 Å². The second-order valence-corrected chi connectivity index (χ2v) is 5.88. The van der Waals surface area contributed by atoms with Gasteiger partial charge in [-0.25, -0.2) is 0 Å². The second-order valence-electron chi connectivity index (χ2n) is 5.88. The highest BCUT2D eigenvalue weighted by Crippen LogP contribution is 2.23. The van der Waals surface area contributed by atoms with Crippen molar-refractivity contribution in [2.24, 2.45) is 0 Å². The Bertz CT molecular complexity index is 385. The first-order valence-corrected chi connectivity index (χ1v) is 7.69. The highest BCUT2D eigenvalue weighted by atomic mass is 15.3. The van der Waals surface area contributed by atoms with Crippen LogP contribution in [0.15, 0.2) is 12.4 Å². The van der Waals surface area contributed by atoms with E-state index in [-0.39, 0.29) is 0 Å². The topological polar surface area (TPSA) is 33.1 Å². The van der Waals surface area contributed by atoms with Gasteiger partial charge in [0.1, 0.15) is 0 Å². The molecule has 1 aromatic heterocycles. The van der Waals surface area contributed by atoms with Crippen molar-refractivity contribution < 1.29 is 0 Å². The molecule has 0 bridgehead atoms. The fraction of sp³-hybridized carbons (Fsp3) is 0.800. The number of nitrogens with zero attached hydrogens (tertiary/aromatic N) is 3. The molecule has 4 nitrogen and oxygen atoms in total. The van der Waals surface area contributed by atoms with E-state index in [1.165, 1.54) is 24.9 Å². The van der Waals surface area contributed by atoms with Crippen molar-refractivity contribution in [1.82, 2.24) is 15.1 Å². The molecule has 2 rings (SSSR count). The summed E-state index contributed by atoms with van der Waals surface area (Å²) < 4.78 is 2.05. The van der Waals surface area contributed by atoms with E-state index in [4.69, 9.17) is 0 Å². The zero-order chi connectivity index (χ0) is 13.8. The Morgan fingerprint density at radius 2 is 2.21 bits per heavy atom. The Morgan fingerprint density at radius 3 is 2.79 bits per heavy atom. The first kappa shape index (κ1) is 14.4. The number of hydrogen-bond donors (Lipinski definition) is 1. The van der Waals surface area contributed by atoms with Crippen molar-refractivity contribution in [2.45, 2.75) is 65.1 Å². The van der Waals surface area contributed by atoms with Crippen molar-refractivity contribution >= 4 is 5.69 Å². The lowest BCUT2D eigenvalue weighted by atomic mass is 10.0. The Morgan fingerprint density at radius 1 is 1.42 bits per heavy atom. The zero-order valence-electron chi connectivity index (χ0n) is 12.8. The van der Waals surface area contributed by atoms with Gasteiger partial charge < -0.3 is 10.2 Å². The number of rotatable bonds is 5. The van der Waals surface area contributed by atoms with Crippen LogP contribution in [-0.4, -0.2) is 35.0 Å². The Balaban J connectivity index is 2.12. The quantitative estimate of drug-likeness (QED) is 0.888. The summed E-state index contributed by atoms with van der Waals surface area (Å²) >= 11 is 0. The van der Waals surface area contributed by atoms with E-state index in [9.17, 15) is 0 Å². The smallest absolute Gasteiger partial charge is 0.0756 e. The third-order valence-electron chi connectivity index (χ3n) is 4.06. The molecule has 1 aromatic rings. The van der Waals surface area contributed by atoms with Gasteiger partial charge in [0.2, 0.25) is 0 Å². The van der Waals surface area contributed by atoms with Crippen LogP contribution in [0.4, 0.5) is 5.69 Å². The molecule has 2 unspecified atom stereocenters. The maximum Gasteiger partial charge on any atom is 0.0756 e. The molecule has 0 saturated carbocycles. The number of hydrogen-bond acceptors (Lipinski definition) is 3. The summed E-state index contributed by atoms with van der Waals surface area (Å²) in [4.78, 5) is 2.54. The molecular formula is C15H28N4. The lowest BCUT2D eigenvalue weighted by Crippen LogP contribution is -2.56. The molecule has 4 heteroatoms. The Kier molecular flexibility index (Phi) is 4.86. The van der Waals surface area contributed by atoms with E-state index in [0.717, 1.165) is 13.1 Å². The maximum absolute atomic E-state index is 4.49. The minimum atomic E-state index is 0.434. The average Bonchev–Trinajstić information content (AvgIpc) is 2.88. The SMILES string of the molecule is CCCC1CN(c2cnn(C(C)C)c2)C(CC)CN1. The molecule has 0 aliphatic carbocycles. The summed E-state index contributed by atoms with van der Waals surface area (Å²) in [5.41, 5.74) is 1.28. The van der Waals surface area contributed by atoms with Gasteiger partial charge in [-0.2, -0.15) is 5.10 Å². The summed E-state index contributed by atoms with van der Waals surface area (Å²) in [6, 6.07) is 1.65. The van der Waals surface area contributed by atoms with E-state index < -0.39 is 0 Å². The Labute approximate surface area is 117 Å². The summed E-state index contributed by atoms with van der Waals surface area (Å²) in [5.74, 6) is 0. The van der Waals surface area contributed by atoms with Crippen LogP contribution in [0.5, 0.6) is 0 Å². The molecule has 0 aromatic carbocycles. The normalized spacial score (nSPS) is 24.2. The molecule has 1 aliphatic heterocycles.